The highest BCUT2D eigenvalue weighted by molar-refractivity contribution is 6.31. The highest BCUT2D eigenvalue weighted by Gasteiger charge is 2.08. The zero-order chi connectivity index (χ0) is 22.6. The van der Waals surface area contributed by atoms with E-state index in [0.29, 0.717) is 16.9 Å². The number of hydrogen-bond donors (Lipinski definition) is 3. The van der Waals surface area contributed by atoms with Crippen molar-refractivity contribution in [1.82, 2.24) is 19.9 Å². The molecule has 3 N–H and O–H groups in total. The fraction of sp³-hybridized carbons (Fsp3) is 0. The molecule has 3 aromatic carbocycles. The molecule has 5 rings (SSSR count). The lowest BCUT2D eigenvalue weighted by molar-refractivity contribution is 1.06. The first kappa shape index (κ1) is 20.9. The van der Waals surface area contributed by atoms with Crippen molar-refractivity contribution in [3.05, 3.63) is 95.4 Å². The summed E-state index contributed by atoms with van der Waals surface area (Å²) in [6.07, 6.45) is 1.75. The number of aromatic nitrogens is 4. The minimum atomic E-state index is 0.0853. The molecule has 2 aromatic heterocycles. The zero-order valence-electron chi connectivity index (χ0n) is 17.1. The van der Waals surface area contributed by atoms with E-state index in [-0.39, 0.29) is 5.28 Å². The maximum Gasteiger partial charge on any atom is 0.233 e. The van der Waals surface area contributed by atoms with Crippen LogP contribution in [-0.4, -0.2) is 19.9 Å². The predicted octanol–water partition coefficient (Wildman–Crippen LogP) is 6.96. The van der Waals surface area contributed by atoms with Crippen molar-refractivity contribution in [1.29, 1.82) is 0 Å². The molecule has 0 aliphatic carbocycles. The third kappa shape index (κ3) is 5.11. The highest BCUT2D eigenvalue weighted by Crippen LogP contribution is 2.28. The van der Waals surface area contributed by atoms with Crippen LogP contribution in [0, 0.1) is 0 Å². The first-order chi connectivity index (χ1) is 16.1. The Bertz CT molecular complexity index is 1430. The first-order valence-electron chi connectivity index (χ1n) is 10.0. The second-order valence-corrected chi connectivity index (χ2v) is 7.87. The summed E-state index contributed by atoms with van der Waals surface area (Å²) >= 11 is 12.2. The molecule has 0 amide bonds. The Kier molecular flexibility index (Phi) is 5.89. The van der Waals surface area contributed by atoms with Crippen molar-refractivity contribution in [3.63, 3.8) is 0 Å². The van der Waals surface area contributed by atoms with Crippen molar-refractivity contribution in [2.75, 3.05) is 16.0 Å². The van der Waals surface area contributed by atoms with E-state index in [1.807, 2.05) is 78.9 Å². The van der Waals surface area contributed by atoms with Gasteiger partial charge in [0.25, 0.3) is 0 Å². The van der Waals surface area contributed by atoms with Crippen molar-refractivity contribution in [3.8, 4) is 0 Å². The molecule has 0 aliphatic rings. The lowest BCUT2D eigenvalue weighted by atomic mass is 10.1. The molecule has 0 atom stereocenters. The second-order valence-electron chi connectivity index (χ2n) is 7.09. The fourth-order valence-electron chi connectivity index (χ4n) is 3.30. The van der Waals surface area contributed by atoms with Gasteiger partial charge in [0, 0.05) is 39.4 Å². The molecule has 7 nitrogen and oxygen atoms in total. The number of benzene rings is 3. The van der Waals surface area contributed by atoms with Crippen molar-refractivity contribution < 1.29 is 0 Å². The third-order valence-corrected chi connectivity index (χ3v) is 5.14. The van der Waals surface area contributed by atoms with Gasteiger partial charge in [-0.3, -0.25) is 4.98 Å². The number of fused-ring (bicyclic) bond motifs is 1. The minimum Gasteiger partial charge on any atom is -0.355 e. The van der Waals surface area contributed by atoms with E-state index in [2.05, 4.69) is 35.9 Å². The monoisotopic (exact) mass is 473 g/mol. The standard InChI is InChI=1S/C24H17Cl2N7/c25-15-9-10-19-20(11-12-27-21(19)13-15)28-17-7-4-8-18(14-17)30-24-32-22(26)31-23(33-24)29-16-5-2-1-3-6-16/h1-14H,(H,27,28)(H2,29,30,31,32,33). The molecule has 0 saturated heterocycles. The lowest BCUT2D eigenvalue weighted by Gasteiger charge is -2.12. The van der Waals surface area contributed by atoms with Gasteiger partial charge >= 0.3 is 0 Å². The number of anilines is 6. The number of hydrogen-bond acceptors (Lipinski definition) is 7. The molecule has 2 heterocycles. The van der Waals surface area contributed by atoms with Crippen LogP contribution in [0.1, 0.15) is 0 Å². The van der Waals surface area contributed by atoms with Gasteiger partial charge < -0.3 is 16.0 Å². The number of halogens is 2. The number of nitrogens with one attached hydrogen (secondary N) is 3. The molecule has 9 heteroatoms. The van der Waals surface area contributed by atoms with Crippen LogP contribution in [0.5, 0.6) is 0 Å². The molecule has 162 valence electrons. The summed E-state index contributed by atoms with van der Waals surface area (Å²) < 4.78 is 0. The second kappa shape index (κ2) is 9.28. The summed E-state index contributed by atoms with van der Waals surface area (Å²) in [6, 6.07) is 24.9. The average molecular weight is 474 g/mol. The van der Waals surface area contributed by atoms with Crippen molar-refractivity contribution >= 4 is 68.8 Å². The average Bonchev–Trinajstić information content (AvgIpc) is 2.79. The lowest BCUT2D eigenvalue weighted by Crippen LogP contribution is -2.04. The van der Waals surface area contributed by atoms with Crippen molar-refractivity contribution in [2.24, 2.45) is 0 Å². The van der Waals surface area contributed by atoms with Crippen LogP contribution in [0.15, 0.2) is 85.1 Å². The molecule has 0 unspecified atom stereocenters. The molecular formula is C24H17Cl2N7. The van der Waals surface area contributed by atoms with Gasteiger partial charge in [0.05, 0.1) is 5.52 Å². The Balaban J connectivity index is 1.37. The molecular weight excluding hydrogens is 457 g/mol. The SMILES string of the molecule is Clc1ccc2c(Nc3cccc(Nc4nc(Cl)nc(Nc5ccccc5)n4)c3)ccnc2c1. The minimum absolute atomic E-state index is 0.0853. The van der Waals surface area contributed by atoms with E-state index in [0.717, 1.165) is 33.7 Å². The summed E-state index contributed by atoms with van der Waals surface area (Å²) in [6.45, 7) is 0. The van der Waals surface area contributed by atoms with Gasteiger partial charge in [-0.25, -0.2) is 0 Å². The molecule has 0 spiro atoms. The summed E-state index contributed by atoms with van der Waals surface area (Å²) in [5.74, 6) is 0.675. The van der Waals surface area contributed by atoms with Gasteiger partial charge in [-0.1, -0.05) is 35.9 Å². The molecule has 5 aromatic rings. The van der Waals surface area contributed by atoms with Gasteiger partial charge in [-0.2, -0.15) is 15.0 Å². The van der Waals surface area contributed by atoms with E-state index < -0.39 is 0 Å². The van der Waals surface area contributed by atoms with Gasteiger partial charge in [0.15, 0.2) is 0 Å². The van der Waals surface area contributed by atoms with Crippen molar-refractivity contribution in [2.45, 2.75) is 0 Å². The number of nitrogens with zero attached hydrogens (tertiary/aromatic N) is 4. The van der Waals surface area contributed by atoms with Crippen LogP contribution < -0.4 is 16.0 Å². The van der Waals surface area contributed by atoms with E-state index in [4.69, 9.17) is 23.2 Å². The normalized spacial score (nSPS) is 10.7. The van der Waals surface area contributed by atoms with Gasteiger partial charge in [0.2, 0.25) is 17.2 Å². The Hall–Kier alpha value is -3.94. The fourth-order valence-corrected chi connectivity index (χ4v) is 3.63. The zero-order valence-corrected chi connectivity index (χ0v) is 18.6. The van der Waals surface area contributed by atoms with Crippen LogP contribution >= 0.6 is 23.2 Å². The molecule has 33 heavy (non-hydrogen) atoms. The smallest absolute Gasteiger partial charge is 0.233 e. The van der Waals surface area contributed by atoms with Crippen LogP contribution in [0.3, 0.4) is 0 Å². The molecule has 0 fully saturated rings. The Morgan fingerprint density at radius 2 is 1.30 bits per heavy atom. The van der Waals surface area contributed by atoms with Gasteiger partial charge in [-0.15, -0.1) is 0 Å². The third-order valence-electron chi connectivity index (χ3n) is 4.74. The van der Waals surface area contributed by atoms with Crippen LogP contribution in [0.4, 0.5) is 34.6 Å². The quantitative estimate of drug-likeness (QED) is 0.245. The van der Waals surface area contributed by atoms with E-state index in [9.17, 15) is 0 Å². The molecule has 0 aliphatic heterocycles. The summed E-state index contributed by atoms with van der Waals surface area (Å²) in [5, 5.41) is 11.4. The Labute approximate surface area is 199 Å². The largest absolute Gasteiger partial charge is 0.355 e. The van der Waals surface area contributed by atoms with Gasteiger partial charge in [-0.05, 0) is 66.2 Å². The maximum absolute atomic E-state index is 6.12. The van der Waals surface area contributed by atoms with Gasteiger partial charge in [0.1, 0.15) is 0 Å². The van der Waals surface area contributed by atoms with E-state index in [1.165, 1.54) is 0 Å². The van der Waals surface area contributed by atoms with E-state index >= 15 is 0 Å². The van der Waals surface area contributed by atoms with Crippen LogP contribution in [-0.2, 0) is 0 Å². The topological polar surface area (TPSA) is 87.7 Å². The molecule has 0 saturated carbocycles. The van der Waals surface area contributed by atoms with E-state index in [1.54, 1.807) is 6.20 Å². The number of para-hydroxylation sites is 1. The summed E-state index contributed by atoms with van der Waals surface area (Å²) in [5.41, 5.74) is 4.26. The maximum atomic E-state index is 6.12. The molecule has 0 radical (unpaired) electrons. The highest BCUT2D eigenvalue weighted by atomic mass is 35.5. The Morgan fingerprint density at radius 3 is 2.09 bits per heavy atom. The van der Waals surface area contributed by atoms with Crippen LogP contribution in [0.2, 0.25) is 10.3 Å². The first-order valence-corrected chi connectivity index (χ1v) is 10.8. The molecule has 0 bridgehead atoms. The number of pyridine rings is 1. The predicted molar refractivity (Wildman–Crippen MR) is 134 cm³/mol. The summed E-state index contributed by atoms with van der Waals surface area (Å²) in [7, 11) is 0. The van der Waals surface area contributed by atoms with Crippen LogP contribution in [0.25, 0.3) is 10.9 Å². The summed E-state index contributed by atoms with van der Waals surface area (Å²) in [4.78, 5) is 17.1. The Morgan fingerprint density at radius 1 is 0.606 bits per heavy atom. The number of rotatable bonds is 6.